The zero-order valence-corrected chi connectivity index (χ0v) is 20.1. The van der Waals surface area contributed by atoms with Gasteiger partial charge in [0.15, 0.2) is 5.17 Å². The number of hydrogen-bond acceptors (Lipinski definition) is 4. The summed E-state index contributed by atoms with van der Waals surface area (Å²) >= 11 is 1.38. The second kappa shape index (κ2) is 9.20. The summed E-state index contributed by atoms with van der Waals surface area (Å²) in [6.45, 7) is 4.07. The van der Waals surface area contributed by atoms with Crippen molar-refractivity contribution in [2.45, 2.75) is 13.8 Å². The molecule has 0 spiro atoms. The molecule has 0 saturated carbocycles. The zero-order valence-electron chi connectivity index (χ0n) is 19.3. The molecule has 0 aliphatic carbocycles. The Morgan fingerprint density at radius 3 is 2.24 bits per heavy atom. The third-order valence-electron chi connectivity index (χ3n) is 5.78. The maximum atomic E-state index is 13.7. The van der Waals surface area contributed by atoms with E-state index in [-0.39, 0.29) is 5.91 Å². The first-order valence-electron chi connectivity index (χ1n) is 11.1. The Balaban J connectivity index is 1.64. The van der Waals surface area contributed by atoms with Crippen molar-refractivity contribution in [1.29, 1.82) is 0 Å². The van der Waals surface area contributed by atoms with Crippen LogP contribution in [0.4, 0.5) is 11.4 Å². The van der Waals surface area contributed by atoms with E-state index >= 15 is 0 Å². The number of hydrogen-bond donors (Lipinski definition) is 0. The Kier molecular flexibility index (Phi) is 5.95. The van der Waals surface area contributed by atoms with Crippen LogP contribution in [0.1, 0.15) is 16.7 Å². The minimum atomic E-state index is -0.102. The SMILES string of the molecule is COc1ccc2ccccc2c1C=C1SC(=Nc2ccc(C)cc2)N(c2ccc(C)cc2)C1=O. The standard InChI is InChI=1S/C29H24N2O2S/c1-19-8-13-22(14-9-19)30-29-31(23-15-10-20(2)11-16-23)28(32)27(34-29)18-25-24-7-5-4-6-21(24)12-17-26(25)33-3/h4-18H,1-3H3. The largest absolute Gasteiger partial charge is 0.496 e. The van der Waals surface area contributed by atoms with Crippen LogP contribution < -0.4 is 9.64 Å². The highest BCUT2D eigenvalue weighted by molar-refractivity contribution is 8.19. The molecular formula is C29H24N2O2S. The Labute approximate surface area is 203 Å². The van der Waals surface area contributed by atoms with Gasteiger partial charge in [-0.2, -0.15) is 0 Å². The third-order valence-corrected chi connectivity index (χ3v) is 6.75. The summed E-state index contributed by atoms with van der Waals surface area (Å²) in [5.41, 5.74) is 4.79. The van der Waals surface area contributed by atoms with Crippen LogP contribution in [0.15, 0.2) is 94.8 Å². The van der Waals surface area contributed by atoms with Crippen LogP contribution in [0.5, 0.6) is 5.75 Å². The number of amidine groups is 1. The average Bonchev–Trinajstić information content (AvgIpc) is 3.15. The number of aliphatic imine (C=N–C) groups is 1. The molecule has 1 heterocycles. The second-order valence-corrected chi connectivity index (χ2v) is 9.23. The maximum Gasteiger partial charge on any atom is 0.271 e. The minimum absolute atomic E-state index is 0.102. The molecule has 1 saturated heterocycles. The van der Waals surface area contributed by atoms with Gasteiger partial charge in [-0.1, -0.05) is 65.7 Å². The van der Waals surface area contributed by atoms with E-state index in [1.54, 1.807) is 12.0 Å². The minimum Gasteiger partial charge on any atom is -0.496 e. The predicted octanol–water partition coefficient (Wildman–Crippen LogP) is 7.27. The first-order valence-corrected chi connectivity index (χ1v) is 11.9. The number of methoxy groups -OCH3 is 1. The van der Waals surface area contributed by atoms with Crippen LogP contribution in [-0.4, -0.2) is 18.2 Å². The Morgan fingerprint density at radius 2 is 1.53 bits per heavy atom. The highest BCUT2D eigenvalue weighted by atomic mass is 32.2. The summed E-state index contributed by atoms with van der Waals surface area (Å²) in [6.07, 6.45) is 1.92. The monoisotopic (exact) mass is 464 g/mol. The molecule has 1 aliphatic rings. The van der Waals surface area contributed by atoms with Crippen molar-refractivity contribution in [3.8, 4) is 5.75 Å². The second-order valence-electron chi connectivity index (χ2n) is 8.22. The van der Waals surface area contributed by atoms with Crippen LogP contribution >= 0.6 is 11.8 Å². The molecule has 5 heteroatoms. The molecule has 0 radical (unpaired) electrons. The van der Waals surface area contributed by atoms with Crippen molar-refractivity contribution in [1.82, 2.24) is 0 Å². The van der Waals surface area contributed by atoms with Gasteiger partial charge in [-0.25, -0.2) is 4.99 Å². The number of benzene rings is 4. The molecule has 5 rings (SSSR count). The number of aryl methyl sites for hydroxylation is 2. The molecular weight excluding hydrogens is 440 g/mol. The molecule has 1 fully saturated rings. The van der Waals surface area contributed by atoms with Crippen molar-refractivity contribution in [3.05, 3.63) is 107 Å². The summed E-state index contributed by atoms with van der Waals surface area (Å²) in [4.78, 5) is 20.8. The lowest BCUT2D eigenvalue weighted by Gasteiger charge is -2.16. The highest BCUT2D eigenvalue weighted by Crippen LogP contribution is 2.39. The third kappa shape index (κ3) is 4.22. The zero-order chi connectivity index (χ0) is 23.7. The molecule has 4 nitrogen and oxygen atoms in total. The molecule has 1 amide bonds. The fourth-order valence-electron chi connectivity index (χ4n) is 3.93. The van der Waals surface area contributed by atoms with Crippen LogP contribution in [-0.2, 0) is 4.79 Å². The highest BCUT2D eigenvalue weighted by Gasteiger charge is 2.35. The molecule has 1 aliphatic heterocycles. The number of amides is 1. The molecule has 0 unspecified atom stereocenters. The van der Waals surface area contributed by atoms with Crippen LogP contribution in [0, 0.1) is 13.8 Å². The van der Waals surface area contributed by atoms with Crippen LogP contribution in [0.25, 0.3) is 16.8 Å². The number of thioether (sulfide) groups is 1. The normalized spacial score (nSPS) is 16.1. The van der Waals surface area contributed by atoms with Gasteiger partial charge < -0.3 is 4.74 Å². The van der Waals surface area contributed by atoms with Gasteiger partial charge in [0.05, 0.1) is 23.4 Å². The van der Waals surface area contributed by atoms with Gasteiger partial charge in [0, 0.05) is 5.56 Å². The van der Waals surface area contributed by atoms with Gasteiger partial charge >= 0.3 is 0 Å². The van der Waals surface area contributed by atoms with E-state index in [2.05, 4.69) is 6.07 Å². The number of fused-ring (bicyclic) bond motifs is 1. The van der Waals surface area contributed by atoms with Crippen molar-refractivity contribution < 1.29 is 9.53 Å². The van der Waals surface area contributed by atoms with Gasteiger partial charge in [-0.05, 0) is 72.8 Å². The molecule has 4 aromatic rings. The first kappa shape index (κ1) is 22.0. The van der Waals surface area contributed by atoms with Crippen LogP contribution in [0.3, 0.4) is 0 Å². The van der Waals surface area contributed by atoms with Gasteiger partial charge in [0.2, 0.25) is 0 Å². The van der Waals surface area contributed by atoms with Crippen molar-refractivity contribution in [2.24, 2.45) is 4.99 Å². The van der Waals surface area contributed by atoms with E-state index in [1.165, 1.54) is 11.8 Å². The number of ether oxygens (including phenoxy) is 1. The Morgan fingerprint density at radius 1 is 0.853 bits per heavy atom. The van der Waals surface area contributed by atoms with Gasteiger partial charge in [0.25, 0.3) is 5.91 Å². The lowest BCUT2D eigenvalue weighted by atomic mass is 10.0. The molecule has 0 N–H and O–H groups in total. The van der Waals surface area contributed by atoms with E-state index in [0.717, 1.165) is 44.6 Å². The quantitative estimate of drug-likeness (QED) is 0.298. The summed E-state index contributed by atoms with van der Waals surface area (Å²) in [6, 6.07) is 28.0. The Bertz CT molecular complexity index is 1440. The summed E-state index contributed by atoms with van der Waals surface area (Å²) in [5, 5.41) is 2.76. The van der Waals surface area contributed by atoms with Crippen molar-refractivity contribution >= 4 is 51.1 Å². The van der Waals surface area contributed by atoms with E-state index in [0.29, 0.717) is 10.1 Å². The molecule has 0 aromatic heterocycles. The lowest BCUT2D eigenvalue weighted by Crippen LogP contribution is -2.28. The van der Waals surface area contributed by atoms with E-state index in [1.807, 2.05) is 98.8 Å². The van der Waals surface area contributed by atoms with E-state index < -0.39 is 0 Å². The summed E-state index contributed by atoms with van der Waals surface area (Å²) < 4.78 is 5.65. The predicted molar refractivity (Wildman–Crippen MR) is 143 cm³/mol. The molecule has 4 aromatic carbocycles. The van der Waals surface area contributed by atoms with Gasteiger partial charge in [-0.15, -0.1) is 0 Å². The number of rotatable bonds is 4. The summed E-state index contributed by atoms with van der Waals surface area (Å²) in [5.74, 6) is 0.625. The first-order chi connectivity index (χ1) is 16.5. The van der Waals surface area contributed by atoms with Crippen LogP contribution in [0.2, 0.25) is 0 Å². The maximum absolute atomic E-state index is 13.7. The fraction of sp³-hybridized carbons (Fsp3) is 0.103. The Hall–Kier alpha value is -3.83. The van der Waals surface area contributed by atoms with Crippen molar-refractivity contribution in [3.63, 3.8) is 0 Å². The molecule has 168 valence electrons. The molecule has 34 heavy (non-hydrogen) atoms. The summed E-state index contributed by atoms with van der Waals surface area (Å²) in [7, 11) is 1.65. The van der Waals surface area contributed by atoms with E-state index in [4.69, 9.17) is 9.73 Å². The number of nitrogens with zero attached hydrogens (tertiary/aromatic N) is 2. The smallest absolute Gasteiger partial charge is 0.271 e. The fourth-order valence-corrected chi connectivity index (χ4v) is 4.92. The topological polar surface area (TPSA) is 41.9 Å². The van der Waals surface area contributed by atoms with Gasteiger partial charge in [0.1, 0.15) is 5.75 Å². The van der Waals surface area contributed by atoms with E-state index in [9.17, 15) is 4.79 Å². The number of carbonyl (C=O) groups excluding carboxylic acids is 1. The number of anilines is 1. The average molecular weight is 465 g/mol. The number of carbonyl (C=O) groups is 1. The van der Waals surface area contributed by atoms with Crippen molar-refractivity contribution in [2.75, 3.05) is 12.0 Å². The molecule has 0 atom stereocenters. The lowest BCUT2D eigenvalue weighted by molar-refractivity contribution is -0.113. The molecule has 0 bridgehead atoms. The van der Waals surface area contributed by atoms with Gasteiger partial charge in [-0.3, -0.25) is 9.69 Å².